The summed E-state index contributed by atoms with van der Waals surface area (Å²) in [6.07, 6.45) is 5.49. The van der Waals surface area contributed by atoms with Crippen LogP contribution < -0.4 is 0 Å². The van der Waals surface area contributed by atoms with Gasteiger partial charge < -0.3 is 4.74 Å². The van der Waals surface area contributed by atoms with E-state index in [0.29, 0.717) is 6.10 Å². The summed E-state index contributed by atoms with van der Waals surface area (Å²) in [7, 11) is 0. The molecule has 0 N–H and O–H groups in total. The molecule has 0 bridgehead atoms. The largest absolute Gasteiger partial charge is 0.365 e. The Balaban J connectivity index is 1.80. The molecule has 2 atom stereocenters. The Kier molecular flexibility index (Phi) is 3.37. The van der Waals surface area contributed by atoms with Gasteiger partial charge in [-0.3, -0.25) is 0 Å². The fourth-order valence-electron chi connectivity index (χ4n) is 1.90. The second-order valence-electron chi connectivity index (χ2n) is 4.14. The number of epoxide rings is 1. The fourth-order valence-corrected chi connectivity index (χ4v) is 1.90. The van der Waals surface area contributed by atoms with Crippen molar-refractivity contribution in [3.63, 3.8) is 0 Å². The SMILES string of the molecule is CCCCCC1OC1c1ccc(F)cc1. The first-order chi connectivity index (χ1) is 7.31. The van der Waals surface area contributed by atoms with E-state index in [0.717, 1.165) is 12.0 Å². The molecule has 82 valence electrons. The predicted octanol–water partition coefficient (Wildman–Crippen LogP) is 3.85. The molecule has 1 aliphatic rings. The van der Waals surface area contributed by atoms with Crippen LogP contribution in [0.2, 0.25) is 0 Å². The zero-order valence-electron chi connectivity index (χ0n) is 9.08. The summed E-state index contributed by atoms with van der Waals surface area (Å²) in [6.45, 7) is 2.20. The second kappa shape index (κ2) is 4.75. The highest BCUT2D eigenvalue weighted by molar-refractivity contribution is 5.22. The molecule has 0 saturated carbocycles. The minimum atomic E-state index is -0.179. The Hall–Kier alpha value is -0.890. The quantitative estimate of drug-likeness (QED) is 0.529. The van der Waals surface area contributed by atoms with Crippen molar-refractivity contribution in [1.82, 2.24) is 0 Å². The van der Waals surface area contributed by atoms with Gasteiger partial charge >= 0.3 is 0 Å². The highest BCUT2D eigenvalue weighted by Gasteiger charge is 2.38. The summed E-state index contributed by atoms with van der Waals surface area (Å²) < 4.78 is 18.2. The van der Waals surface area contributed by atoms with Gasteiger partial charge in [0.15, 0.2) is 0 Å². The molecule has 1 fully saturated rings. The van der Waals surface area contributed by atoms with Crippen molar-refractivity contribution in [2.24, 2.45) is 0 Å². The van der Waals surface area contributed by atoms with Gasteiger partial charge in [0.2, 0.25) is 0 Å². The van der Waals surface area contributed by atoms with Crippen LogP contribution in [-0.4, -0.2) is 6.10 Å². The summed E-state index contributed by atoms with van der Waals surface area (Å²) in [4.78, 5) is 0. The standard InChI is InChI=1S/C13H17FO/c1-2-3-4-5-12-13(15-12)10-6-8-11(14)9-7-10/h6-9,12-13H,2-5H2,1H3. The monoisotopic (exact) mass is 208 g/mol. The minimum absolute atomic E-state index is 0.179. The second-order valence-corrected chi connectivity index (χ2v) is 4.14. The van der Waals surface area contributed by atoms with E-state index < -0.39 is 0 Å². The number of unbranched alkanes of at least 4 members (excludes halogenated alkanes) is 2. The maximum atomic E-state index is 12.7. The number of ether oxygens (including phenoxy) is 1. The van der Waals surface area contributed by atoms with Crippen LogP contribution in [0.15, 0.2) is 24.3 Å². The first kappa shape index (κ1) is 10.6. The van der Waals surface area contributed by atoms with Gasteiger partial charge in [0.25, 0.3) is 0 Å². The average molecular weight is 208 g/mol. The molecular formula is C13H17FO. The van der Waals surface area contributed by atoms with Gasteiger partial charge in [-0.25, -0.2) is 4.39 Å². The number of halogens is 1. The Labute approximate surface area is 90.3 Å². The van der Waals surface area contributed by atoms with Gasteiger partial charge in [0.1, 0.15) is 11.9 Å². The molecule has 15 heavy (non-hydrogen) atoms. The van der Waals surface area contributed by atoms with Gasteiger partial charge in [-0.05, 0) is 24.1 Å². The van der Waals surface area contributed by atoms with E-state index in [1.54, 1.807) is 0 Å². The molecule has 0 aromatic heterocycles. The summed E-state index contributed by atoms with van der Waals surface area (Å²) in [5.41, 5.74) is 1.11. The van der Waals surface area contributed by atoms with E-state index in [1.165, 1.54) is 31.4 Å². The Morgan fingerprint density at radius 2 is 1.93 bits per heavy atom. The fraction of sp³-hybridized carbons (Fsp3) is 0.538. The van der Waals surface area contributed by atoms with E-state index in [2.05, 4.69) is 6.92 Å². The first-order valence-corrected chi connectivity index (χ1v) is 5.72. The molecule has 0 spiro atoms. The van der Waals surface area contributed by atoms with Gasteiger partial charge in [-0.15, -0.1) is 0 Å². The smallest absolute Gasteiger partial charge is 0.123 e. The molecule has 0 radical (unpaired) electrons. The van der Waals surface area contributed by atoms with Crippen molar-refractivity contribution in [2.75, 3.05) is 0 Å². The van der Waals surface area contributed by atoms with E-state index in [-0.39, 0.29) is 11.9 Å². The lowest BCUT2D eigenvalue weighted by molar-refractivity contribution is 0.361. The van der Waals surface area contributed by atoms with Crippen molar-refractivity contribution in [2.45, 2.75) is 44.8 Å². The van der Waals surface area contributed by atoms with Gasteiger partial charge in [0, 0.05) is 0 Å². The van der Waals surface area contributed by atoms with Gasteiger partial charge in [-0.1, -0.05) is 38.3 Å². The van der Waals surface area contributed by atoms with Crippen LogP contribution in [0.5, 0.6) is 0 Å². The van der Waals surface area contributed by atoms with Crippen LogP contribution in [0.1, 0.15) is 44.3 Å². The predicted molar refractivity (Wildman–Crippen MR) is 58.2 cm³/mol. The molecule has 0 amide bonds. The summed E-state index contributed by atoms with van der Waals surface area (Å²) >= 11 is 0. The summed E-state index contributed by atoms with van der Waals surface area (Å²) in [6, 6.07) is 6.64. The highest BCUT2D eigenvalue weighted by Crippen LogP contribution is 2.41. The van der Waals surface area contributed by atoms with Gasteiger partial charge in [0.05, 0.1) is 6.10 Å². The number of hydrogen-bond donors (Lipinski definition) is 0. The van der Waals surface area contributed by atoms with Crippen molar-refractivity contribution in [3.05, 3.63) is 35.6 Å². The van der Waals surface area contributed by atoms with Crippen molar-refractivity contribution < 1.29 is 9.13 Å². The molecule has 0 aliphatic carbocycles. The molecule has 1 heterocycles. The Morgan fingerprint density at radius 1 is 1.20 bits per heavy atom. The zero-order chi connectivity index (χ0) is 10.7. The molecular weight excluding hydrogens is 191 g/mol. The molecule has 1 saturated heterocycles. The summed E-state index contributed by atoms with van der Waals surface area (Å²) in [5.74, 6) is -0.179. The third-order valence-corrected chi connectivity index (χ3v) is 2.87. The molecule has 2 unspecified atom stereocenters. The van der Waals surface area contributed by atoms with Crippen molar-refractivity contribution in [3.8, 4) is 0 Å². The highest BCUT2D eigenvalue weighted by atomic mass is 19.1. The van der Waals surface area contributed by atoms with Crippen LogP contribution in [0.4, 0.5) is 4.39 Å². The zero-order valence-corrected chi connectivity index (χ0v) is 9.08. The molecule has 1 aromatic rings. The van der Waals surface area contributed by atoms with E-state index in [1.807, 2.05) is 12.1 Å². The molecule has 2 heteroatoms. The molecule has 1 aliphatic heterocycles. The molecule has 1 nitrogen and oxygen atoms in total. The van der Waals surface area contributed by atoms with Crippen molar-refractivity contribution in [1.29, 1.82) is 0 Å². The van der Waals surface area contributed by atoms with Crippen LogP contribution in [0.25, 0.3) is 0 Å². The minimum Gasteiger partial charge on any atom is -0.365 e. The third-order valence-electron chi connectivity index (χ3n) is 2.87. The lowest BCUT2D eigenvalue weighted by atomic mass is 10.1. The van der Waals surface area contributed by atoms with Crippen LogP contribution in [-0.2, 0) is 4.74 Å². The van der Waals surface area contributed by atoms with Crippen LogP contribution in [0, 0.1) is 5.82 Å². The first-order valence-electron chi connectivity index (χ1n) is 5.72. The average Bonchev–Trinajstić information content (AvgIpc) is 2.99. The maximum absolute atomic E-state index is 12.7. The lowest BCUT2D eigenvalue weighted by Gasteiger charge is -1.96. The third kappa shape index (κ3) is 2.78. The van der Waals surface area contributed by atoms with E-state index >= 15 is 0 Å². The summed E-state index contributed by atoms with van der Waals surface area (Å²) in [5, 5.41) is 0. The topological polar surface area (TPSA) is 12.5 Å². The Bertz CT molecular complexity index is 307. The normalized spacial score (nSPS) is 24.1. The van der Waals surface area contributed by atoms with Crippen molar-refractivity contribution >= 4 is 0 Å². The molecule has 1 aromatic carbocycles. The number of hydrogen-bond acceptors (Lipinski definition) is 1. The maximum Gasteiger partial charge on any atom is 0.123 e. The van der Waals surface area contributed by atoms with E-state index in [9.17, 15) is 4.39 Å². The van der Waals surface area contributed by atoms with Crippen LogP contribution >= 0.6 is 0 Å². The lowest BCUT2D eigenvalue weighted by Crippen LogP contribution is -1.89. The molecule has 2 rings (SSSR count). The van der Waals surface area contributed by atoms with Gasteiger partial charge in [-0.2, -0.15) is 0 Å². The number of benzene rings is 1. The van der Waals surface area contributed by atoms with Crippen LogP contribution in [0.3, 0.4) is 0 Å². The van der Waals surface area contributed by atoms with E-state index in [4.69, 9.17) is 4.74 Å². The number of rotatable bonds is 5. The Morgan fingerprint density at radius 3 is 2.60 bits per heavy atom.